The van der Waals surface area contributed by atoms with Gasteiger partial charge < -0.3 is 26.3 Å². The van der Waals surface area contributed by atoms with Crippen molar-refractivity contribution in [1.29, 1.82) is 0 Å². The van der Waals surface area contributed by atoms with Crippen LogP contribution in [-0.4, -0.2) is 44.2 Å². The molecule has 0 radical (unpaired) electrons. The Labute approximate surface area is 162 Å². The van der Waals surface area contributed by atoms with Crippen LogP contribution in [0, 0.1) is 0 Å². The molecule has 1 rings (SSSR count). The molecule has 0 saturated carbocycles. The van der Waals surface area contributed by atoms with Gasteiger partial charge in [-0.2, -0.15) is 0 Å². The number of nitrogens with two attached hydrogens (primary N) is 2. The third-order valence-electron chi connectivity index (χ3n) is 3.91. The highest BCUT2D eigenvalue weighted by Gasteiger charge is 2.14. The molecule has 2 atom stereocenters. The average molecular weight is 382 g/mol. The van der Waals surface area contributed by atoms with Gasteiger partial charge in [0, 0.05) is 19.5 Å². The van der Waals surface area contributed by atoms with Crippen molar-refractivity contribution in [1.82, 2.24) is 5.32 Å². The normalized spacial score (nSPS) is 12.5. The van der Waals surface area contributed by atoms with Gasteiger partial charge in [-0.1, -0.05) is 38.1 Å². The standard InChI is InChI=1S/C18H29N3O4.C2H6/c1-13(16(19)7-8-17(20)22)25-11-15-5-3-14(4-6-15)9-10-24-12-18(23)21-2;1-2/h3-6,13,16H,7-12,19H2,1-2H3,(H2,20,22)(H,21,23);1-2H3/t13-,16?;/m1./s1. The molecule has 5 N–H and O–H groups in total. The van der Waals surface area contributed by atoms with Gasteiger partial charge in [-0.25, -0.2) is 0 Å². The van der Waals surface area contributed by atoms with E-state index in [0.29, 0.717) is 19.6 Å². The molecule has 0 fully saturated rings. The molecule has 0 aliphatic rings. The minimum absolute atomic E-state index is 0.0797. The smallest absolute Gasteiger partial charge is 0.245 e. The SMILES string of the molecule is CC.CNC(=O)COCCc1ccc(CO[C@H](C)C(N)CCC(N)=O)cc1. The number of nitrogens with one attached hydrogen (secondary N) is 1. The summed E-state index contributed by atoms with van der Waals surface area (Å²) < 4.78 is 11.0. The summed E-state index contributed by atoms with van der Waals surface area (Å²) in [5.41, 5.74) is 13.3. The number of rotatable bonds is 12. The third-order valence-corrected chi connectivity index (χ3v) is 3.91. The molecular weight excluding hydrogens is 346 g/mol. The molecule has 2 amide bonds. The summed E-state index contributed by atoms with van der Waals surface area (Å²) in [6.07, 6.45) is 1.38. The van der Waals surface area contributed by atoms with Crippen LogP contribution in [0.15, 0.2) is 24.3 Å². The monoisotopic (exact) mass is 381 g/mol. The van der Waals surface area contributed by atoms with E-state index in [9.17, 15) is 9.59 Å². The van der Waals surface area contributed by atoms with Crippen molar-refractivity contribution in [3.8, 4) is 0 Å². The van der Waals surface area contributed by atoms with Crippen molar-refractivity contribution in [2.75, 3.05) is 20.3 Å². The Kier molecular flexibility index (Phi) is 14.0. The van der Waals surface area contributed by atoms with Gasteiger partial charge in [-0.15, -0.1) is 0 Å². The Morgan fingerprint density at radius 3 is 2.30 bits per heavy atom. The van der Waals surface area contributed by atoms with Crippen LogP contribution >= 0.6 is 0 Å². The second-order valence-corrected chi connectivity index (χ2v) is 5.98. The van der Waals surface area contributed by atoms with Crippen molar-refractivity contribution in [2.24, 2.45) is 11.5 Å². The summed E-state index contributed by atoms with van der Waals surface area (Å²) in [6, 6.07) is 7.80. The van der Waals surface area contributed by atoms with Crippen molar-refractivity contribution < 1.29 is 19.1 Å². The van der Waals surface area contributed by atoms with Gasteiger partial charge in [0.05, 0.1) is 19.3 Å². The lowest BCUT2D eigenvalue weighted by molar-refractivity contribution is -0.125. The molecule has 0 bridgehead atoms. The Morgan fingerprint density at radius 2 is 1.74 bits per heavy atom. The number of carbonyl (C=O) groups excluding carboxylic acids is 2. The largest absolute Gasteiger partial charge is 0.372 e. The molecule has 0 aliphatic heterocycles. The summed E-state index contributed by atoms with van der Waals surface area (Å²) in [4.78, 5) is 21.8. The molecular formula is C20H35N3O4. The van der Waals surface area contributed by atoms with Crippen LogP contribution in [0.25, 0.3) is 0 Å². The third kappa shape index (κ3) is 12.1. The zero-order valence-electron chi connectivity index (χ0n) is 17.0. The highest BCUT2D eigenvalue weighted by Crippen LogP contribution is 2.10. The number of carbonyl (C=O) groups is 2. The van der Waals surface area contributed by atoms with Crippen LogP contribution in [0.4, 0.5) is 0 Å². The molecule has 0 aromatic heterocycles. The van der Waals surface area contributed by atoms with Crippen LogP contribution in [0.2, 0.25) is 0 Å². The first kappa shape index (κ1) is 25.0. The molecule has 0 spiro atoms. The first-order valence-electron chi connectivity index (χ1n) is 9.44. The summed E-state index contributed by atoms with van der Waals surface area (Å²) in [5, 5.41) is 2.51. The second-order valence-electron chi connectivity index (χ2n) is 5.98. The number of amides is 2. The van der Waals surface area contributed by atoms with Gasteiger partial charge in [-0.3, -0.25) is 9.59 Å². The van der Waals surface area contributed by atoms with Crippen molar-refractivity contribution >= 4 is 11.8 Å². The number of ether oxygens (including phenoxy) is 2. The summed E-state index contributed by atoms with van der Waals surface area (Å²) in [7, 11) is 1.58. The molecule has 1 unspecified atom stereocenters. The Hall–Kier alpha value is -1.96. The van der Waals surface area contributed by atoms with E-state index in [-0.39, 0.29) is 37.0 Å². The van der Waals surface area contributed by atoms with E-state index in [1.54, 1.807) is 7.05 Å². The van der Waals surface area contributed by atoms with Crippen LogP contribution in [-0.2, 0) is 32.1 Å². The number of hydrogen-bond donors (Lipinski definition) is 3. The minimum atomic E-state index is -0.349. The predicted octanol–water partition coefficient (Wildman–Crippen LogP) is 1.52. The molecule has 1 aromatic carbocycles. The van der Waals surface area contributed by atoms with Gasteiger partial charge in [0.15, 0.2) is 0 Å². The molecule has 7 heteroatoms. The Bertz CT molecular complexity index is 535. The number of hydrogen-bond acceptors (Lipinski definition) is 5. The number of benzene rings is 1. The Morgan fingerprint density at radius 1 is 1.15 bits per heavy atom. The van der Waals surface area contributed by atoms with Gasteiger partial charge in [0.25, 0.3) is 0 Å². The topological polar surface area (TPSA) is 117 Å². The van der Waals surface area contributed by atoms with E-state index in [4.69, 9.17) is 20.9 Å². The summed E-state index contributed by atoms with van der Waals surface area (Å²) in [6.45, 7) is 6.92. The first-order valence-corrected chi connectivity index (χ1v) is 9.44. The molecule has 0 heterocycles. The van der Waals surface area contributed by atoms with Crippen LogP contribution in [0.1, 0.15) is 44.7 Å². The lowest BCUT2D eigenvalue weighted by Gasteiger charge is -2.20. The fourth-order valence-electron chi connectivity index (χ4n) is 2.12. The lowest BCUT2D eigenvalue weighted by Crippen LogP contribution is -2.35. The molecule has 1 aromatic rings. The zero-order valence-corrected chi connectivity index (χ0v) is 17.0. The number of likely N-dealkylation sites (N-methyl/N-ethyl adjacent to an activating group) is 1. The van der Waals surface area contributed by atoms with Crippen LogP contribution < -0.4 is 16.8 Å². The van der Waals surface area contributed by atoms with Crippen molar-refractivity contribution in [2.45, 2.75) is 58.8 Å². The molecule has 154 valence electrons. The summed E-state index contributed by atoms with van der Waals surface area (Å²) in [5.74, 6) is -0.479. The molecule has 0 aliphatic carbocycles. The number of primary amides is 1. The maximum Gasteiger partial charge on any atom is 0.245 e. The van der Waals surface area contributed by atoms with Crippen LogP contribution in [0.5, 0.6) is 0 Å². The quantitative estimate of drug-likeness (QED) is 0.475. The van der Waals surface area contributed by atoms with E-state index in [0.717, 1.165) is 17.5 Å². The molecule has 0 saturated heterocycles. The van der Waals surface area contributed by atoms with E-state index in [1.165, 1.54) is 0 Å². The van der Waals surface area contributed by atoms with E-state index in [2.05, 4.69) is 5.32 Å². The maximum absolute atomic E-state index is 11.0. The van der Waals surface area contributed by atoms with E-state index < -0.39 is 0 Å². The molecule has 7 nitrogen and oxygen atoms in total. The van der Waals surface area contributed by atoms with Gasteiger partial charge in [0.2, 0.25) is 11.8 Å². The summed E-state index contributed by atoms with van der Waals surface area (Å²) >= 11 is 0. The van der Waals surface area contributed by atoms with Gasteiger partial charge >= 0.3 is 0 Å². The van der Waals surface area contributed by atoms with Gasteiger partial charge in [0.1, 0.15) is 6.61 Å². The average Bonchev–Trinajstić information content (AvgIpc) is 2.69. The predicted molar refractivity (Wildman–Crippen MR) is 107 cm³/mol. The van der Waals surface area contributed by atoms with Crippen molar-refractivity contribution in [3.05, 3.63) is 35.4 Å². The van der Waals surface area contributed by atoms with Crippen molar-refractivity contribution in [3.63, 3.8) is 0 Å². The highest BCUT2D eigenvalue weighted by atomic mass is 16.5. The van der Waals surface area contributed by atoms with E-state index in [1.807, 2.05) is 45.0 Å². The zero-order chi connectivity index (χ0) is 20.7. The van der Waals surface area contributed by atoms with Gasteiger partial charge in [-0.05, 0) is 30.9 Å². The fourth-order valence-corrected chi connectivity index (χ4v) is 2.12. The fraction of sp³-hybridized carbons (Fsp3) is 0.600. The second kappa shape index (κ2) is 15.1. The Balaban J connectivity index is 0.00000326. The van der Waals surface area contributed by atoms with E-state index >= 15 is 0 Å². The highest BCUT2D eigenvalue weighted by molar-refractivity contribution is 5.76. The molecule has 27 heavy (non-hydrogen) atoms. The lowest BCUT2D eigenvalue weighted by atomic mass is 10.1. The first-order chi connectivity index (χ1) is 12.9. The van der Waals surface area contributed by atoms with Crippen LogP contribution in [0.3, 0.4) is 0 Å². The maximum atomic E-state index is 11.0. The minimum Gasteiger partial charge on any atom is -0.372 e.